The Kier molecular flexibility index (Phi) is 4.63. The Morgan fingerprint density at radius 2 is 2.14 bits per heavy atom. The molecule has 150 valence electrons. The molecule has 0 bridgehead atoms. The molecule has 0 aliphatic carbocycles. The molecule has 1 amide bonds. The lowest BCUT2D eigenvalue weighted by Crippen LogP contribution is -2.43. The first kappa shape index (κ1) is 18.1. The Morgan fingerprint density at radius 1 is 1.24 bits per heavy atom. The third-order valence-electron chi connectivity index (χ3n) is 5.35. The molecule has 5 rings (SSSR count). The second-order valence-electron chi connectivity index (χ2n) is 7.24. The van der Waals surface area contributed by atoms with Gasteiger partial charge in [-0.15, -0.1) is 10.2 Å². The fourth-order valence-corrected chi connectivity index (χ4v) is 4.05. The molecule has 9 heteroatoms. The lowest BCUT2D eigenvalue weighted by Gasteiger charge is -2.32. The summed E-state index contributed by atoms with van der Waals surface area (Å²) in [5, 5.41) is 12.1. The Bertz CT molecular complexity index is 1070. The van der Waals surface area contributed by atoms with Gasteiger partial charge < -0.3 is 19.7 Å². The molecular weight excluding hydrogens is 394 g/mol. The van der Waals surface area contributed by atoms with Crippen LogP contribution in [0.5, 0.6) is 11.5 Å². The van der Waals surface area contributed by atoms with E-state index in [2.05, 4.69) is 20.4 Å². The van der Waals surface area contributed by atoms with Crippen LogP contribution in [-0.2, 0) is 11.3 Å². The van der Waals surface area contributed by atoms with Gasteiger partial charge in [0.05, 0.1) is 10.9 Å². The highest BCUT2D eigenvalue weighted by molar-refractivity contribution is 6.33. The Morgan fingerprint density at radius 3 is 3.07 bits per heavy atom. The van der Waals surface area contributed by atoms with Crippen molar-refractivity contribution in [1.82, 2.24) is 19.9 Å². The Balaban J connectivity index is 1.25. The molecule has 1 atom stereocenters. The molecule has 1 N–H and O–H groups in total. The number of pyridine rings is 1. The molecule has 2 aromatic heterocycles. The van der Waals surface area contributed by atoms with Crippen molar-refractivity contribution in [1.29, 1.82) is 0 Å². The molecule has 29 heavy (non-hydrogen) atoms. The molecule has 4 heterocycles. The van der Waals surface area contributed by atoms with Crippen LogP contribution in [0.25, 0.3) is 5.65 Å². The van der Waals surface area contributed by atoms with Gasteiger partial charge in [-0.05, 0) is 42.7 Å². The average Bonchev–Trinajstić information content (AvgIpc) is 3.39. The van der Waals surface area contributed by atoms with E-state index in [1.165, 1.54) is 0 Å². The number of nitrogens with one attached hydrogen (secondary N) is 1. The predicted octanol–water partition coefficient (Wildman–Crippen LogP) is 2.64. The highest BCUT2D eigenvalue weighted by Crippen LogP contribution is 2.32. The van der Waals surface area contributed by atoms with Crippen molar-refractivity contribution in [2.45, 2.75) is 19.4 Å². The van der Waals surface area contributed by atoms with Gasteiger partial charge in [-0.2, -0.15) is 0 Å². The zero-order chi connectivity index (χ0) is 19.8. The number of amides is 1. The van der Waals surface area contributed by atoms with E-state index in [1.54, 1.807) is 6.07 Å². The number of anilines is 1. The zero-order valence-corrected chi connectivity index (χ0v) is 16.4. The predicted molar refractivity (Wildman–Crippen MR) is 107 cm³/mol. The lowest BCUT2D eigenvalue weighted by atomic mass is 9.97. The van der Waals surface area contributed by atoms with Gasteiger partial charge in [0.1, 0.15) is 0 Å². The monoisotopic (exact) mass is 413 g/mol. The molecule has 2 aliphatic heterocycles. The van der Waals surface area contributed by atoms with Gasteiger partial charge >= 0.3 is 0 Å². The summed E-state index contributed by atoms with van der Waals surface area (Å²) in [4.78, 5) is 14.9. The molecule has 1 saturated heterocycles. The molecule has 8 nitrogen and oxygen atoms in total. The number of carbonyl (C=O) groups is 1. The van der Waals surface area contributed by atoms with Gasteiger partial charge in [0.2, 0.25) is 18.6 Å². The topological polar surface area (TPSA) is 81.0 Å². The van der Waals surface area contributed by atoms with Gasteiger partial charge in [-0.3, -0.25) is 9.20 Å². The highest BCUT2D eigenvalue weighted by Gasteiger charge is 2.28. The fourth-order valence-electron chi connectivity index (χ4n) is 3.84. The Labute approximate surface area is 172 Å². The van der Waals surface area contributed by atoms with Crippen molar-refractivity contribution in [3.05, 3.63) is 47.1 Å². The van der Waals surface area contributed by atoms with Crippen LogP contribution in [-0.4, -0.2) is 40.4 Å². The number of aromatic nitrogens is 3. The van der Waals surface area contributed by atoms with Crippen LogP contribution >= 0.6 is 11.6 Å². The van der Waals surface area contributed by atoms with E-state index >= 15 is 0 Å². The van der Waals surface area contributed by atoms with E-state index in [1.807, 2.05) is 34.9 Å². The number of benzene rings is 1. The summed E-state index contributed by atoms with van der Waals surface area (Å²) in [5.74, 6) is 2.11. The van der Waals surface area contributed by atoms with Crippen LogP contribution in [0.4, 0.5) is 5.95 Å². The number of halogens is 1. The molecule has 0 spiro atoms. The number of nitrogens with zero attached hydrogens (tertiary/aromatic N) is 4. The third kappa shape index (κ3) is 3.44. The summed E-state index contributed by atoms with van der Waals surface area (Å²) in [6.45, 7) is 2.13. The maximum Gasteiger partial charge on any atom is 0.231 e. The number of ether oxygens (including phenoxy) is 2. The summed E-state index contributed by atoms with van der Waals surface area (Å²) in [6, 6.07) is 9.36. The number of rotatable bonds is 4. The normalized spacial score (nSPS) is 18.2. The van der Waals surface area contributed by atoms with Crippen LogP contribution in [0.1, 0.15) is 18.4 Å². The van der Waals surface area contributed by atoms with Gasteiger partial charge in [-0.1, -0.05) is 17.7 Å². The standard InChI is InChI=1S/C20H20ClN5O3/c21-15-4-2-8-26-18(15)23-24-20(26)25-7-1-3-14(11-25)19(27)22-10-13-5-6-16-17(9-13)29-12-28-16/h2,4-6,8-9,14H,1,3,7,10-12H2,(H,22,27). The van der Waals surface area contributed by atoms with Gasteiger partial charge in [-0.25, -0.2) is 0 Å². The summed E-state index contributed by atoms with van der Waals surface area (Å²) in [6.07, 6.45) is 3.65. The lowest BCUT2D eigenvalue weighted by molar-refractivity contribution is -0.125. The molecular formula is C20H20ClN5O3. The maximum atomic E-state index is 12.8. The van der Waals surface area contributed by atoms with Crippen molar-refractivity contribution < 1.29 is 14.3 Å². The van der Waals surface area contributed by atoms with Crippen LogP contribution < -0.4 is 19.7 Å². The molecule has 3 aromatic rings. The molecule has 2 aliphatic rings. The first-order chi connectivity index (χ1) is 14.2. The smallest absolute Gasteiger partial charge is 0.231 e. The summed E-state index contributed by atoms with van der Waals surface area (Å²) in [5.41, 5.74) is 1.60. The summed E-state index contributed by atoms with van der Waals surface area (Å²) in [7, 11) is 0. The minimum Gasteiger partial charge on any atom is -0.454 e. The summed E-state index contributed by atoms with van der Waals surface area (Å²) < 4.78 is 12.6. The van der Waals surface area contributed by atoms with E-state index in [4.69, 9.17) is 21.1 Å². The van der Waals surface area contributed by atoms with Crippen LogP contribution in [0.15, 0.2) is 36.5 Å². The quantitative estimate of drug-likeness (QED) is 0.708. The van der Waals surface area contributed by atoms with E-state index in [0.717, 1.165) is 42.4 Å². The second-order valence-corrected chi connectivity index (χ2v) is 7.65. The molecule has 0 radical (unpaired) electrons. The zero-order valence-electron chi connectivity index (χ0n) is 15.7. The number of hydrogen-bond donors (Lipinski definition) is 1. The number of hydrogen-bond acceptors (Lipinski definition) is 6. The first-order valence-corrected chi connectivity index (χ1v) is 9.97. The van der Waals surface area contributed by atoms with E-state index in [0.29, 0.717) is 23.8 Å². The number of fused-ring (bicyclic) bond motifs is 2. The molecule has 1 unspecified atom stereocenters. The average molecular weight is 414 g/mol. The SMILES string of the molecule is O=C(NCc1ccc2c(c1)OCO2)C1CCCN(c2nnc3c(Cl)cccn23)C1. The van der Waals surface area contributed by atoms with Crippen molar-refractivity contribution in [3.8, 4) is 11.5 Å². The maximum absolute atomic E-state index is 12.8. The molecule has 0 saturated carbocycles. The minimum absolute atomic E-state index is 0.0409. The van der Waals surface area contributed by atoms with Gasteiger partial charge in [0.25, 0.3) is 0 Å². The van der Waals surface area contributed by atoms with E-state index < -0.39 is 0 Å². The van der Waals surface area contributed by atoms with Crippen molar-refractivity contribution >= 4 is 29.1 Å². The van der Waals surface area contributed by atoms with E-state index in [9.17, 15) is 4.79 Å². The fraction of sp³-hybridized carbons (Fsp3) is 0.350. The largest absolute Gasteiger partial charge is 0.454 e. The van der Waals surface area contributed by atoms with Gasteiger partial charge in [0, 0.05) is 25.8 Å². The van der Waals surface area contributed by atoms with Crippen LogP contribution in [0, 0.1) is 5.92 Å². The van der Waals surface area contributed by atoms with Crippen LogP contribution in [0.2, 0.25) is 5.02 Å². The van der Waals surface area contributed by atoms with Crippen molar-refractivity contribution in [2.75, 3.05) is 24.8 Å². The highest BCUT2D eigenvalue weighted by atomic mass is 35.5. The Hall–Kier alpha value is -3.00. The second kappa shape index (κ2) is 7.44. The van der Waals surface area contributed by atoms with Crippen LogP contribution in [0.3, 0.4) is 0 Å². The minimum atomic E-state index is -0.107. The summed E-state index contributed by atoms with van der Waals surface area (Å²) >= 11 is 6.20. The van der Waals surface area contributed by atoms with E-state index in [-0.39, 0.29) is 18.6 Å². The van der Waals surface area contributed by atoms with Crippen molar-refractivity contribution in [3.63, 3.8) is 0 Å². The van der Waals surface area contributed by atoms with Crippen molar-refractivity contribution in [2.24, 2.45) is 5.92 Å². The molecule has 1 fully saturated rings. The third-order valence-corrected chi connectivity index (χ3v) is 5.64. The number of piperidine rings is 1. The number of carbonyl (C=O) groups excluding carboxylic acids is 1. The molecule has 1 aromatic carbocycles. The first-order valence-electron chi connectivity index (χ1n) is 9.59. The van der Waals surface area contributed by atoms with Gasteiger partial charge in [0.15, 0.2) is 17.1 Å².